The maximum Gasteiger partial charge on any atom is 0.129 e. The van der Waals surface area contributed by atoms with Gasteiger partial charge >= 0.3 is 0 Å². The van der Waals surface area contributed by atoms with E-state index in [4.69, 9.17) is 23.2 Å². The van der Waals surface area contributed by atoms with Crippen molar-refractivity contribution in [3.63, 3.8) is 0 Å². The van der Waals surface area contributed by atoms with Gasteiger partial charge in [-0.2, -0.15) is 0 Å². The molecule has 0 bridgehead atoms. The molecule has 2 rings (SSSR count). The van der Waals surface area contributed by atoms with E-state index in [1.807, 2.05) is 0 Å². The van der Waals surface area contributed by atoms with Crippen molar-refractivity contribution in [3.8, 4) is 0 Å². The van der Waals surface area contributed by atoms with Gasteiger partial charge in [-0.3, -0.25) is 0 Å². The van der Waals surface area contributed by atoms with E-state index in [9.17, 15) is 13.9 Å². The Hall–Kier alpha value is -1.16. The van der Waals surface area contributed by atoms with E-state index < -0.39 is 17.7 Å². The van der Waals surface area contributed by atoms with Gasteiger partial charge in [0.15, 0.2) is 0 Å². The van der Waals surface area contributed by atoms with Crippen molar-refractivity contribution in [2.75, 3.05) is 0 Å². The van der Waals surface area contributed by atoms with Gasteiger partial charge in [0, 0.05) is 27.6 Å². The Labute approximate surface area is 119 Å². The van der Waals surface area contributed by atoms with Gasteiger partial charge in [-0.25, -0.2) is 8.78 Å². The first-order valence-electron chi connectivity index (χ1n) is 5.55. The monoisotopic (exact) mass is 302 g/mol. The van der Waals surface area contributed by atoms with E-state index in [1.165, 1.54) is 18.2 Å². The molecule has 5 heteroatoms. The van der Waals surface area contributed by atoms with Crippen LogP contribution in [0.2, 0.25) is 10.0 Å². The summed E-state index contributed by atoms with van der Waals surface area (Å²) in [7, 11) is 0. The van der Waals surface area contributed by atoms with Crippen molar-refractivity contribution >= 4 is 23.2 Å². The number of halogens is 4. The summed E-state index contributed by atoms with van der Waals surface area (Å²) < 4.78 is 27.0. The lowest BCUT2D eigenvalue weighted by molar-refractivity contribution is 0.175. The summed E-state index contributed by atoms with van der Waals surface area (Å²) in [6.07, 6.45) is -1.34. The molecule has 0 saturated heterocycles. The fourth-order valence-electron chi connectivity index (χ4n) is 1.80. The molecule has 0 spiro atoms. The van der Waals surface area contributed by atoms with Crippen LogP contribution in [0.1, 0.15) is 17.2 Å². The summed E-state index contributed by atoms with van der Waals surface area (Å²) in [5.41, 5.74) is 0.169. The van der Waals surface area contributed by atoms with Crippen LogP contribution in [0.3, 0.4) is 0 Å². The second-order valence-electron chi connectivity index (χ2n) is 4.09. The van der Waals surface area contributed by atoms with Crippen LogP contribution in [0.4, 0.5) is 8.78 Å². The lowest BCUT2D eigenvalue weighted by atomic mass is 10.0. The molecule has 2 aromatic carbocycles. The Bertz CT molecular complexity index is 582. The Morgan fingerprint density at radius 2 is 1.68 bits per heavy atom. The predicted octanol–water partition coefficient (Wildman–Crippen LogP) is 4.55. The highest BCUT2D eigenvalue weighted by atomic mass is 35.5. The van der Waals surface area contributed by atoms with Crippen molar-refractivity contribution in [1.82, 2.24) is 0 Å². The lowest BCUT2D eigenvalue weighted by Gasteiger charge is -2.14. The van der Waals surface area contributed by atoms with Gasteiger partial charge in [0.05, 0.1) is 6.10 Å². The van der Waals surface area contributed by atoms with Crippen LogP contribution >= 0.6 is 23.2 Å². The Morgan fingerprint density at radius 1 is 1.05 bits per heavy atom. The molecule has 2 aromatic rings. The first-order valence-corrected chi connectivity index (χ1v) is 6.30. The van der Waals surface area contributed by atoms with E-state index in [1.54, 1.807) is 6.07 Å². The number of aliphatic hydroxyl groups excluding tert-OH is 1. The highest BCUT2D eigenvalue weighted by Gasteiger charge is 2.17. The minimum Gasteiger partial charge on any atom is -0.388 e. The van der Waals surface area contributed by atoms with Crippen LogP contribution in [-0.4, -0.2) is 5.11 Å². The summed E-state index contributed by atoms with van der Waals surface area (Å²) >= 11 is 11.7. The fraction of sp³-hybridized carbons (Fsp3) is 0.143. The molecule has 0 fully saturated rings. The van der Waals surface area contributed by atoms with Gasteiger partial charge in [0.25, 0.3) is 0 Å². The van der Waals surface area contributed by atoms with E-state index in [-0.39, 0.29) is 12.0 Å². The minimum absolute atomic E-state index is 0.175. The first-order chi connectivity index (χ1) is 8.99. The molecule has 1 nitrogen and oxygen atoms in total. The topological polar surface area (TPSA) is 20.2 Å². The molecule has 0 aliphatic carbocycles. The third-order valence-corrected chi connectivity index (χ3v) is 3.36. The molecule has 100 valence electrons. The maximum absolute atomic E-state index is 13.5. The summed E-state index contributed by atoms with van der Waals surface area (Å²) in [4.78, 5) is 0. The zero-order valence-electron chi connectivity index (χ0n) is 9.71. The van der Waals surface area contributed by atoms with Crippen LogP contribution in [-0.2, 0) is 6.42 Å². The van der Waals surface area contributed by atoms with Gasteiger partial charge in [0.2, 0.25) is 0 Å². The molecular weight excluding hydrogens is 293 g/mol. The average molecular weight is 303 g/mol. The van der Waals surface area contributed by atoms with Gasteiger partial charge < -0.3 is 5.11 Å². The fourth-order valence-corrected chi connectivity index (χ4v) is 2.22. The molecule has 0 heterocycles. The second kappa shape index (κ2) is 5.87. The third kappa shape index (κ3) is 3.24. The molecule has 1 atom stereocenters. The number of benzene rings is 2. The van der Waals surface area contributed by atoms with Gasteiger partial charge in [-0.1, -0.05) is 29.3 Å². The zero-order valence-corrected chi connectivity index (χ0v) is 11.2. The Balaban J connectivity index is 2.31. The molecule has 0 aromatic heterocycles. The molecule has 0 aliphatic rings. The molecular formula is C14H10Cl2F2O. The number of aliphatic hydroxyl groups is 1. The van der Waals surface area contributed by atoms with E-state index >= 15 is 0 Å². The summed E-state index contributed by atoms with van der Waals surface area (Å²) in [5, 5.41) is 10.7. The van der Waals surface area contributed by atoms with E-state index in [0.29, 0.717) is 15.6 Å². The maximum atomic E-state index is 13.5. The van der Waals surface area contributed by atoms with Gasteiger partial charge in [0.1, 0.15) is 11.6 Å². The van der Waals surface area contributed by atoms with E-state index in [2.05, 4.69) is 0 Å². The molecule has 0 aliphatic heterocycles. The van der Waals surface area contributed by atoms with E-state index in [0.717, 1.165) is 12.1 Å². The minimum atomic E-state index is -1.13. The van der Waals surface area contributed by atoms with Crippen LogP contribution in [0.15, 0.2) is 36.4 Å². The quantitative estimate of drug-likeness (QED) is 0.882. The number of hydrogen-bond donors (Lipinski definition) is 1. The largest absolute Gasteiger partial charge is 0.388 e. The first kappa shape index (κ1) is 14.3. The van der Waals surface area contributed by atoms with Crippen LogP contribution in [0.25, 0.3) is 0 Å². The molecule has 0 radical (unpaired) electrons. The number of hydrogen-bond acceptors (Lipinski definition) is 1. The molecule has 19 heavy (non-hydrogen) atoms. The average Bonchev–Trinajstić information content (AvgIpc) is 2.37. The van der Waals surface area contributed by atoms with Crippen molar-refractivity contribution in [3.05, 3.63) is 69.2 Å². The van der Waals surface area contributed by atoms with Crippen LogP contribution in [0.5, 0.6) is 0 Å². The van der Waals surface area contributed by atoms with Crippen molar-refractivity contribution in [2.45, 2.75) is 12.5 Å². The van der Waals surface area contributed by atoms with Crippen molar-refractivity contribution in [2.24, 2.45) is 0 Å². The molecule has 1 N–H and O–H groups in total. The Morgan fingerprint density at radius 3 is 2.32 bits per heavy atom. The smallest absolute Gasteiger partial charge is 0.129 e. The molecule has 0 amide bonds. The second-order valence-corrected chi connectivity index (χ2v) is 4.93. The zero-order chi connectivity index (χ0) is 14.0. The highest BCUT2D eigenvalue weighted by Crippen LogP contribution is 2.29. The SMILES string of the molecule is OC(Cc1c(F)cccc1F)c1cc(Cl)ccc1Cl. The summed E-state index contributed by atoms with van der Waals surface area (Å²) in [6, 6.07) is 8.14. The van der Waals surface area contributed by atoms with Crippen LogP contribution in [0, 0.1) is 11.6 Å². The lowest BCUT2D eigenvalue weighted by Crippen LogP contribution is -2.06. The summed E-state index contributed by atoms with van der Waals surface area (Å²) in [6.45, 7) is 0. The van der Waals surface area contributed by atoms with Crippen molar-refractivity contribution in [1.29, 1.82) is 0 Å². The Kier molecular flexibility index (Phi) is 4.40. The number of rotatable bonds is 3. The predicted molar refractivity (Wildman–Crippen MR) is 71.5 cm³/mol. The van der Waals surface area contributed by atoms with Gasteiger partial charge in [-0.05, 0) is 30.3 Å². The standard InChI is InChI=1S/C14H10Cl2F2O/c15-8-4-5-11(16)9(6-8)14(19)7-10-12(17)2-1-3-13(10)18/h1-6,14,19H,7H2. The highest BCUT2D eigenvalue weighted by molar-refractivity contribution is 6.33. The van der Waals surface area contributed by atoms with Crippen molar-refractivity contribution < 1.29 is 13.9 Å². The third-order valence-electron chi connectivity index (χ3n) is 2.78. The van der Waals surface area contributed by atoms with Gasteiger partial charge in [-0.15, -0.1) is 0 Å². The molecule has 0 saturated carbocycles. The summed E-state index contributed by atoms with van der Waals surface area (Å²) in [5.74, 6) is -1.39. The van der Waals surface area contributed by atoms with Crippen LogP contribution < -0.4 is 0 Å². The normalized spacial score (nSPS) is 12.5. The molecule has 1 unspecified atom stereocenters.